The highest BCUT2D eigenvalue weighted by molar-refractivity contribution is 5.71. The zero-order valence-corrected chi connectivity index (χ0v) is 52.8. The lowest BCUT2D eigenvalue weighted by molar-refractivity contribution is -0.167. The van der Waals surface area contributed by atoms with Gasteiger partial charge in [0.1, 0.15) is 13.2 Å². The molecule has 0 aliphatic heterocycles. The first-order chi connectivity index (χ1) is 40.0. The summed E-state index contributed by atoms with van der Waals surface area (Å²) in [6.07, 6.45) is 96.0. The topological polar surface area (TPSA) is 78.9 Å². The van der Waals surface area contributed by atoms with Crippen LogP contribution in [0.1, 0.15) is 303 Å². The number of ether oxygens (including phenoxy) is 3. The van der Waals surface area contributed by atoms with Crippen molar-refractivity contribution in [1.29, 1.82) is 0 Å². The molecule has 1 atom stereocenters. The minimum atomic E-state index is -0.796. The summed E-state index contributed by atoms with van der Waals surface area (Å²) in [6.45, 7) is 6.49. The summed E-state index contributed by atoms with van der Waals surface area (Å²) in [5.41, 5.74) is 0. The van der Waals surface area contributed by atoms with Crippen LogP contribution in [0, 0.1) is 0 Å². The SMILES string of the molecule is CC/C=C\C/C=C\C/C=C\C/C=C\C/C=C\C/C=C\C/C=C\C/C=C\C/C=C\CCCCCCCC(=O)OCC(COC(=O)CCCCCCC/C=C\CCCCCC)OC(=O)CCCCCCCCC/C=C\CCCCCCCC. The number of carbonyl (C=O) groups excluding carboxylic acids is 3. The van der Waals surface area contributed by atoms with Crippen molar-refractivity contribution in [3.8, 4) is 0 Å². The molecule has 0 aromatic rings. The number of hydrogen-bond donors (Lipinski definition) is 0. The van der Waals surface area contributed by atoms with Crippen LogP contribution in [0.5, 0.6) is 0 Å². The zero-order chi connectivity index (χ0) is 58.5. The van der Waals surface area contributed by atoms with Gasteiger partial charge >= 0.3 is 17.9 Å². The second kappa shape index (κ2) is 68.1. The van der Waals surface area contributed by atoms with Gasteiger partial charge in [-0.1, -0.05) is 276 Å². The number of hydrogen-bond acceptors (Lipinski definition) is 6. The molecular formula is C75H124O6. The van der Waals surface area contributed by atoms with Crippen LogP contribution in [0.25, 0.3) is 0 Å². The van der Waals surface area contributed by atoms with Crippen molar-refractivity contribution in [1.82, 2.24) is 0 Å². The Balaban J connectivity index is 4.34. The van der Waals surface area contributed by atoms with Crippen molar-refractivity contribution >= 4 is 17.9 Å². The smallest absolute Gasteiger partial charge is 0.306 e. The normalized spacial score (nSPS) is 13.0. The Morgan fingerprint density at radius 3 is 0.778 bits per heavy atom. The molecule has 1 unspecified atom stereocenters. The Bertz CT molecular complexity index is 1720. The average molecular weight is 1120 g/mol. The van der Waals surface area contributed by atoms with Crippen molar-refractivity contribution in [2.24, 2.45) is 0 Å². The monoisotopic (exact) mass is 1120 g/mol. The van der Waals surface area contributed by atoms with E-state index in [4.69, 9.17) is 14.2 Å². The van der Waals surface area contributed by atoms with Crippen LogP contribution in [-0.4, -0.2) is 37.2 Å². The highest BCUT2D eigenvalue weighted by Gasteiger charge is 2.19. The highest BCUT2D eigenvalue weighted by Crippen LogP contribution is 2.15. The van der Waals surface area contributed by atoms with E-state index < -0.39 is 6.10 Å². The van der Waals surface area contributed by atoms with Gasteiger partial charge in [0.15, 0.2) is 6.10 Å². The molecule has 460 valence electrons. The lowest BCUT2D eigenvalue weighted by Gasteiger charge is -2.18. The van der Waals surface area contributed by atoms with Crippen LogP contribution in [0.3, 0.4) is 0 Å². The van der Waals surface area contributed by atoms with E-state index in [0.29, 0.717) is 19.3 Å². The maximum absolute atomic E-state index is 12.9. The van der Waals surface area contributed by atoms with E-state index in [2.05, 4.69) is 154 Å². The molecule has 0 radical (unpaired) electrons. The molecule has 0 spiro atoms. The maximum Gasteiger partial charge on any atom is 0.306 e. The van der Waals surface area contributed by atoms with Gasteiger partial charge in [-0.05, 0) is 141 Å². The van der Waals surface area contributed by atoms with E-state index in [-0.39, 0.29) is 31.1 Å². The fourth-order valence-corrected chi connectivity index (χ4v) is 9.07. The predicted molar refractivity (Wildman–Crippen MR) is 353 cm³/mol. The molecule has 0 heterocycles. The second-order valence-corrected chi connectivity index (χ2v) is 22.0. The van der Waals surface area contributed by atoms with Gasteiger partial charge in [0.2, 0.25) is 0 Å². The number of rotatable bonds is 60. The Morgan fingerprint density at radius 2 is 0.481 bits per heavy atom. The lowest BCUT2D eigenvalue weighted by Crippen LogP contribution is -2.30. The van der Waals surface area contributed by atoms with E-state index >= 15 is 0 Å². The van der Waals surface area contributed by atoms with Gasteiger partial charge < -0.3 is 14.2 Å². The van der Waals surface area contributed by atoms with Crippen molar-refractivity contribution < 1.29 is 28.6 Å². The van der Waals surface area contributed by atoms with Crippen LogP contribution in [-0.2, 0) is 28.6 Å². The first-order valence-electron chi connectivity index (χ1n) is 33.7. The Kier molecular flexibility index (Phi) is 64.3. The van der Waals surface area contributed by atoms with Crippen LogP contribution in [0.4, 0.5) is 0 Å². The third-order valence-electron chi connectivity index (χ3n) is 14.1. The van der Waals surface area contributed by atoms with Gasteiger partial charge in [0, 0.05) is 19.3 Å². The fraction of sp³-hybridized carbons (Fsp3) is 0.667. The zero-order valence-electron chi connectivity index (χ0n) is 52.8. The number of carbonyl (C=O) groups is 3. The highest BCUT2D eigenvalue weighted by atomic mass is 16.6. The Labute approximate surface area is 500 Å². The summed E-state index contributed by atoms with van der Waals surface area (Å²) in [5.74, 6) is -0.920. The molecule has 6 heteroatoms. The first-order valence-corrected chi connectivity index (χ1v) is 33.7. The molecule has 0 aromatic carbocycles. The maximum atomic E-state index is 12.9. The molecule has 6 nitrogen and oxygen atoms in total. The molecule has 0 saturated carbocycles. The third-order valence-corrected chi connectivity index (χ3v) is 14.1. The van der Waals surface area contributed by atoms with Gasteiger partial charge in [-0.25, -0.2) is 0 Å². The Hall–Kier alpha value is -4.45. The van der Waals surface area contributed by atoms with Crippen molar-refractivity contribution in [3.05, 3.63) is 134 Å². The van der Waals surface area contributed by atoms with E-state index in [1.54, 1.807) is 0 Å². The van der Waals surface area contributed by atoms with Gasteiger partial charge in [-0.3, -0.25) is 14.4 Å². The number of esters is 3. The lowest BCUT2D eigenvalue weighted by atomic mass is 10.1. The van der Waals surface area contributed by atoms with Gasteiger partial charge in [-0.15, -0.1) is 0 Å². The standard InChI is InChI=1S/C75H124O6/c1-4-7-10-13-16-19-22-25-27-29-30-31-32-33-34-35-36-37-38-39-40-41-42-43-44-46-47-50-53-56-59-62-65-68-74(77)80-71-72(70-79-73(76)67-64-61-58-55-52-49-24-21-18-15-12-9-6-3)81-75(78)69-66-63-60-57-54-51-48-45-28-26-23-20-17-14-11-8-5-2/h7,10,16,19,21,24-28,30-31,33-34,36-37,39-40,42-43,46-47,72H,4-6,8-9,11-15,17-18,20,22-23,29,32,35,38,41,44-45,48-71H2,1-3H3/b10-7-,19-16-,24-21-,27-25-,28-26-,31-30-,34-33-,37-36-,40-39-,43-42-,47-46-. The molecule has 0 aromatic heterocycles. The average Bonchev–Trinajstić information content (AvgIpc) is 3.46. The van der Waals surface area contributed by atoms with Crippen molar-refractivity contribution in [3.63, 3.8) is 0 Å². The third kappa shape index (κ3) is 66.2. The van der Waals surface area contributed by atoms with Crippen LogP contribution < -0.4 is 0 Å². The number of allylic oxidation sites excluding steroid dienone is 22. The van der Waals surface area contributed by atoms with Crippen molar-refractivity contribution in [2.45, 2.75) is 309 Å². The van der Waals surface area contributed by atoms with E-state index in [1.165, 1.54) is 122 Å². The molecule has 81 heavy (non-hydrogen) atoms. The molecule has 0 saturated heterocycles. The minimum Gasteiger partial charge on any atom is -0.462 e. The van der Waals surface area contributed by atoms with Crippen LogP contribution in [0.15, 0.2) is 134 Å². The van der Waals surface area contributed by atoms with Crippen LogP contribution >= 0.6 is 0 Å². The molecule has 0 N–H and O–H groups in total. The molecule has 0 fully saturated rings. The summed E-state index contributed by atoms with van der Waals surface area (Å²) >= 11 is 0. The molecule has 0 aliphatic carbocycles. The van der Waals surface area contributed by atoms with Crippen molar-refractivity contribution in [2.75, 3.05) is 13.2 Å². The summed E-state index contributed by atoms with van der Waals surface area (Å²) in [5, 5.41) is 0. The quantitative estimate of drug-likeness (QED) is 0.0261. The van der Waals surface area contributed by atoms with E-state index in [1.807, 2.05) is 0 Å². The summed E-state index contributed by atoms with van der Waals surface area (Å²) in [6, 6.07) is 0. The van der Waals surface area contributed by atoms with Gasteiger partial charge in [0.05, 0.1) is 0 Å². The minimum absolute atomic E-state index is 0.0920. The molecular weight excluding hydrogens is 997 g/mol. The first kappa shape index (κ1) is 76.5. The second-order valence-electron chi connectivity index (χ2n) is 22.0. The molecule has 0 aliphatic rings. The molecule has 0 bridgehead atoms. The van der Waals surface area contributed by atoms with Gasteiger partial charge in [0.25, 0.3) is 0 Å². The van der Waals surface area contributed by atoms with Crippen LogP contribution in [0.2, 0.25) is 0 Å². The fourth-order valence-electron chi connectivity index (χ4n) is 9.07. The number of unbranched alkanes of at least 4 members (excludes halogenated alkanes) is 27. The summed E-state index contributed by atoms with van der Waals surface area (Å²) in [7, 11) is 0. The Morgan fingerprint density at radius 1 is 0.259 bits per heavy atom. The molecule has 0 amide bonds. The predicted octanol–water partition coefficient (Wildman–Crippen LogP) is 23.3. The summed E-state index contributed by atoms with van der Waals surface area (Å²) < 4.78 is 16.9. The molecule has 0 rings (SSSR count). The van der Waals surface area contributed by atoms with Gasteiger partial charge in [-0.2, -0.15) is 0 Å². The van der Waals surface area contributed by atoms with E-state index in [0.717, 1.165) is 141 Å². The largest absolute Gasteiger partial charge is 0.462 e. The summed E-state index contributed by atoms with van der Waals surface area (Å²) in [4.78, 5) is 38.3. The van der Waals surface area contributed by atoms with E-state index in [9.17, 15) is 14.4 Å².